The van der Waals surface area contributed by atoms with Crippen LogP contribution in [-0.4, -0.2) is 4.98 Å². The summed E-state index contributed by atoms with van der Waals surface area (Å²) in [4.78, 5) is 4.32. The molecular formula is C11H10NS. The first kappa shape index (κ1) is 8.45. The predicted octanol–water partition coefficient (Wildman–Crippen LogP) is 3.30. The summed E-state index contributed by atoms with van der Waals surface area (Å²) in [5.74, 6) is 0. The Morgan fingerprint density at radius 1 is 1.23 bits per heavy atom. The first-order valence-corrected chi connectivity index (χ1v) is 4.98. The van der Waals surface area contributed by atoms with E-state index in [1.54, 1.807) is 11.3 Å². The first-order valence-electron chi connectivity index (χ1n) is 4.10. The molecule has 2 heteroatoms. The molecule has 2 aromatic rings. The number of benzene rings is 1. The molecule has 0 N–H and O–H groups in total. The third kappa shape index (κ3) is 1.78. The number of hydrogen-bond acceptors (Lipinski definition) is 2. The monoisotopic (exact) mass is 188 g/mol. The normalized spacial score (nSPS) is 10.3. The molecular weight excluding hydrogens is 178 g/mol. The van der Waals surface area contributed by atoms with Gasteiger partial charge in [0.25, 0.3) is 0 Å². The summed E-state index contributed by atoms with van der Waals surface area (Å²) in [5.41, 5.74) is 3.46. The average Bonchev–Trinajstić information content (AvgIpc) is 2.53. The Morgan fingerprint density at radius 2 is 1.92 bits per heavy atom. The van der Waals surface area contributed by atoms with E-state index in [2.05, 4.69) is 43.1 Å². The van der Waals surface area contributed by atoms with Gasteiger partial charge in [-0.15, -0.1) is 11.3 Å². The molecule has 1 aromatic heterocycles. The second-order valence-electron chi connectivity index (χ2n) is 2.99. The lowest BCUT2D eigenvalue weighted by molar-refractivity contribution is 1.35. The topological polar surface area (TPSA) is 12.9 Å². The van der Waals surface area contributed by atoms with Crippen molar-refractivity contribution in [3.63, 3.8) is 0 Å². The van der Waals surface area contributed by atoms with Crippen LogP contribution in [0.5, 0.6) is 0 Å². The van der Waals surface area contributed by atoms with Gasteiger partial charge in [0.15, 0.2) is 0 Å². The van der Waals surface area contributed by atoms with Crippen molar-refractivity contribution in [3.8, 4) is 11.3 Å². The van der Waals surface area contributed by atoms with Gasteiger partial charge in [-0.25, -0.2) is 4.98 Å². The minimum absolute atomic E-state index is 0.871. The van der Waals surface area contributed by atoms with Crippen molar-refractivity contribution in [3.05, 3.63) is 47.1 Å². The van der Waals surface area contributed by atoms with Gasteiger partial charge in [0, 0.05) is 17.9 Å². The van der Waals surface area contributed by atoms with Crippen LogP contribution in [0, 0.1) is 13.8 Å². The maximum atomic E-state index is 4.32. The van der Waals surface area contributed by atoms with E-state index >= 15 is 0 Å². The number of hydrogen-bond donors (Lipinski definition) is 0. The summed E-state index contributed by atoms with van der Waals surface area (Å²) >= 11 is 1.58. The van der Waals surface area contributed by atoms with Crippen LogP contribution in [0.15, 0.2) is 29.6 Å². The summed E-state index contributed by atoms with van der Waals surface area (Å²) in [6, 6.07) is 8.36. The third-order valence-electron chi connectivity index (χ3n) is 1.90. The first-order chi connectivity index (χ1) is 6.25. The van der Waals surface area contributed by atoms with Crippen LogP contribution in [0.2, 0.25) is 0 Å². The molecule has 2 rings (SSSR count). The lowest BCUT2D eigenvalue weighted by Gasteiger charge is -1.96. The van der Waals surface area contributed by atoms with E-state index in [0.717, 1.165) is 16.3 Å². The highest BCUT2D eigenvalue weighted by atomic mass is 32.1. The Balaban J connectivity index is 2.41. The highest BCUT2D eigenvalue weighted by Gasteiger charge is 2.00. The minimum atomic E-state index is 0.871. The molecule has 0 amide bonds. The van der Waals surface area contributed by atoms with Gasteiger partial charge >= 0.3 is 0 Å². The van der Waals surface area contributed by atoms with Crippen LogP contribution in [0.1, 0.15) is 10.6 Å². The van der Waals surface area contributed by atoms with E-state index < -0.39 is 0 Å². The lowest BCUT2D eigenvalue weighted by atomic mass is 10.1. The Kier molecular flexibility index (Phi) is 2.15. The molecule has 0 unspecified atom stereocenters. The average molecular weight is 188 g/mol. The Labute approximate surface area is 82.1 Å². The largest absolute Gasteiger partial charge is 0.241 e. The van der Waals surface area contributed by atoms with Crippen LogP contribution in [0.25, 0.3) is 11.3 Å². The zero-order valence-corrected chi connectivity index (χ0v) is 8.27. The summed E-state index contributed by atoms with van der Waals surface area (Å²) in [7, 11) is 0. The Morgan fingerprint density at radius 3 is 2.46 bits per heavy atom. The lowest BCUT2D eigenvalue weighted by Crippen LogP contribution is -1.78. The van der Waals surface area contributed by atoms with Crippen LogP contribution in [-0.2, 0) is 0 Å². The number of thiazole rings is 1. The van der Waals surface area contributed by atoms with Crippen molar-refractivity contribution in [2.24, 2.45) is 0 Å². The molecule has 0 atom stereocenters. The standard InChI is InChI=1S/C11H10NS/c1-8-3-5-10(6-4-8)11-7-13-9(2)12-11/h3-7H,2H2,1H3. The van der Waals surface area contributed by atoms with E-state index in [9.17, 15) is 0 Å². The van der Waals surface area contributed by atoms with Gasteiger partial charge in [-0.05, 0) is 6.92 Å². The zero-order chi connectivity index (χ0) is 9.26. The Bertz CT molecular complexity index is 400. The fraction of sp³-hybridized carbons (Fsp3) is 0.0909. The molecule has 0 aliphatic rings. The van der Waals surface area contributed by atoms with Crippen molar-refractivity contribution in [2.75, 3.05) is 0 Å². The van der Waals surface area contributed by atoms with Crippen LogP contribution in [0.3, 0.4) is 0 Å². The molecule has 1 heterocycles. The summed E-state index contributed by atoms with van der Waals surface area (Å²) in [5, 5.41) is 2.91. The fourth-order valence-corrected chi connectivity index (χ4v) is 1.76. The number of rotatable bonds is 1. The molecule has 0 saturated heterocycles. The van der Waals surface area contributed by atoms with Gasteiger partial charge in [0.2, 0.25) is 0 Å². The quantitative estimate of drug-likeness (QED) is 0.669. The number of nitrogens with zero attached hydrogens (tertiary/aromatic N) is 1. The van der Waals surface area contributed by atoms with Crippen molar-refractivity contribution in [2.45, 2.75) is 6.92 Å². The highest BCUT2D eigenvalue weighted by Crippen LogP contribution is 2.21. The molecule has 65 valence electrons. The SMILES string of the molecule is [CH2]c1nc(-c2ccc(C)cc2)cs1. The van der Waals surface area contributed by atoms with Crippen LogP contribution >= 0.6 is 11.3 Å². The molecule has 1 radical (unpaired) electrons. The zero-order valence-electron chi connectivity index (χ0n) is 7.45. The van der Waals surface area contributed by atoms with E-state index in [1.165, 1.54) is 5.56 Å². The Hall–Kier alpha value is -1.15. The second kappa shape index (κ2) is 3.30. The minimum Gasteiger partial charge on any atom is -0.241 e. The summed E-state index contributed by atoms with van der Waals surface area (Å²) < 4.78 is 0. The number of aromatic nitrogens is 1. The van der Waals surface area contributed by atoms with Crippen molar-refractivity contribution >= 4 is 11.3 Å². The third-order valence-corrected chi connectivity index (χ3v) is 2.60. The van der Waals surface area contributed by atoms with Crippen molar-refractivity contribution in [1.82, 2.24) is 4.98 Å². The van der Waals surface area contributed by atoms with Gasteiger partial charge in [-0.1, -0.05) is 29.8 Å². The molecule has 13 heavy (non-hydrogen) atoms. The van der Waals surface area contributed by atoms with Gasteiger partial charge in [0.1, 0.15) is 0 Å². The number of aryl methyl sites for hydroxylation is 1. The van der Waals surface area contributed by atoms with E-state index in [0.29, 0.717) is 0 Å². The molecule has 0 bridgehead atoms. The molecule has 0 fully saturated rings. The van der Waals surface area contributed by atoms with E-state index in [1.807, 2.05) is 5.38 Å². The second-order valence-corrected chi connectivity index (χ2v) is 3.94. The van der Waals surface area contributed by atoms with Crippen molar-refractivity contribution < 1.29 is 0 Å². The molecule has 0 saturated carbocycles. The predicted molar refractivity (Wildman–Crippen MR) is 56.7 cm³/mol. The van der Waals surface area contributed by atoms with Crippen LogP contribution in [0.4, 0.5) is 0 Å². The summed E-state index contributed by atoms with van der Waals surface area (Å²) in [6.07, 6.45) is 0. The smallest absolute Gasteiger partial charge is 0.0936 e. The maximum Gasteiger partial charge on any atom is 0.0936 e. The molecule has 1 aromatic carbocycles. The van der Waals surface area contributed by atoms with Gasteiger partial charge in [-0.3, -0.25) is 0 Å². The van der Waals surface area contributed by atoms with Gasteiger partial charge in [-0.2, -0.15) is 0 Å². The molecule has 0 spiro atoms. The highest BCUT2D eigenvalue weighted by molar-refractivity contribution is 7.10. The molecule has 1 nitrogen and oxygen atoms in total. The molecule has 0 aliphatic heterocycles. The fourth-order valence-electron chi connectivity index (χ4n) is 1.17. The van der Waals surface area contributed by atoms with Gasteiger partial charge in [0.05, 0.1) is 10.7 Å². The van der Waals surface area contributed by atoms with Gasteiger partial charge < -0.3 is 0 Å². The van der Waals surface area contributed by atoms with E-state index in [-0.39, 0.29) is 0 Å². The maximum absolute atomic E-state index is 4.32. The van der Waals surface area contributed by atoms with Crippen molar-refractivity contribution in [1.29, 1.82) is 0 Å². The molecule has 0 aliphatic carbocycles. The van der Waals surface area contributed by atoms with Crippen LogP contribution < -0.4 is 0 Å². The van der Waals surface area contributed by atoms with E-state index in [4.69, 9.17) is 0 Å². The summed E-state index contributed by atoms with van der Waals surface area (Å²) in [6.45, 7) is 5.87.